The van der Waals surface area contributed by atoms with Gasteiger partial charge in [0.1, 0.15) is 5.82 Å². The minimum atomic E-state index is -0.0317. The summed E-state index contributed by atoms with van der Waals surface area (Å²) in [6.07, 6.45) is 4.67. The van der Waals surface area contributed by atoms with Crippen molar-refractivity contribution in [1.82, 2.24) is 14.9 Å². The first-order valence-electron chi connectivity index (χ1n) is 11.1. The highest BCUT2D eigenvalue weighted by atomic mass is 16.2. The van der Waals surface area contributed by atoms with Gasteiger partial charge < -0.3 is 20.0 Å². The highest BCUT2D eigenvalue weighted by Crippen LogP contribution is 2.22. The maximum absolute atomic E-state index is 12.7. The number of carbonyl (C=O) groups excluding carboxylic acids is 1. The number of nitrogens with one attached hydrogen (secondary N) is 1. The highest BCUT2D eigenvalue weighted by molar-refractivity contribution is 5.89. The van der Waals surface area contributed by atoms with Crippen LogP contribution in [-0.4, -0.2) is 60.2 Å². The summed E-state index contributed by atoms with van der Waals surface area (Å²) in [5.41, 5.74) is 3.08. The Morgan fingerprint density at radius 1 is 0.967 bits per heavy atom. The Labute approximate surface area is 179 Å². The minimum Gasteiger partial charge on any atom is -0.353 e. The number of carbonyl (C=O) groups is 1. The standard InChI is InChI=1S/C23H32N6O/c1-3-19-8-7-9-20(17-19)25-23(30)29-14-12-27(13-15-29)21-16-18(2)24-22(26-21)28-10-5-4-6-11-28/h7-9,16-17H,3-6,10-15H2,1-2H3,(H,25,30). The van der Waals surface area contributed by atoms with Gasteiger partial charge in [0, 0.05) is 56.7 Å². The van der Waals surface area contributed by atoms with E-state index in [2.05, 4.69) is 39.2 Å². The molecule has 0 atom stereocenters. The normalized spacial score (nSPS) is 17.2. The molecule has 1 N–H and O–H groups in total. The molecule has 2 aliphatic rings. The van der Waals surface area contributed by atoms with E-state index in [9.17, 15) is 4.79 Å². The third-order valence-electron chi connectivity index (χ3n) is 5.95. The molecule has 160 valence electrons. The first-order chi connectivity index (χ1) is 14.6. The van der Waals surface area contributed by atoms with Gasteiger partial charge in [-0.1, -0.05) is 19.1 Å². The zero-order chi connectivity index (χ0) is 20.9. The molecule has 0 radical (unpaired) electrons. The van der Waals surface area contributed by atoms with Crippen molar-refractivity contribution in [3.8, 4) is 0 Å². The van der Waals surface area contributed by atoms with Crippen LogP contribution in [0.25, 0.3) is 0 Å². The number of nitrogens with zero attached hydrogens (tertiary/aromatic N) is 5. The second-order valence-corrected chi connectivity index (χ2v) is 8.17. The van der Waals surface area contributed by atoms with E-state index in [1.807, 2.05) is 30.0 Å². The molecule has 0 spiro atoms. The number of benzene rings is 1. The van der Waals surface area contributed by atoms with Gasteiger partial charge in [-0.3, -0.25) is 0 Å². The number of anilines is 3. The van der Waals surface area contributed by atoms with Gasteiger partial charge in [0.2, 0.25) is 5.95 Å². The van der Waals surface area contributed by atoms with E-state index >= 15 is 0 Å². The summed E-state index contributed by atoms with van der Waals surface area (Å²) < 4.78 is 0. The number of aryl methyl sites for hydroxylation is 2. The second kappa shape index (κ2) is 9.32. The van der Waals surface area contributed by atoms with Crippen molar-refractivity contribution in [3.05, 3.63) is 41.6 Å². The molecule has 2 amide bonds. The van der Waals surface area contributed by atoms with E-state index in [4.69, 9.17) is 4.98 Å². The zero-order valence-electron chi connectivity index (χ0n) is 18.1. The molecule has 2 saturated heterocycles. The van der Waals surface area contributed by atoms with Crippen molar-refractivity contribution in [2.75, 3.05) is 54.4 Å². The monoisotopic (exact) mass is 408 g/mol. The largest absolute Gasteiger partial charge is 0.353 e. The molecule has 7 heteroatoms. The van der Waals surface area contributed by atoms with Crippen LogP contribution in [0.3, 0.4) is 0 Å². The van der Waals surface area contributed by atoms with Crippen molar-refractivity contribution in [2.45, 2.75) is 39.5 Å². The van der Waals surface area contributed by atoms with Crippen LogP contribution in [0.4, 0.5) is 22.2 Å². The van der Waals surface area contributed by atoms with Gasteiger partial charge in [-0.05, 0) is 50.3 Å². The fraction of sp³-hybridized carbons (Fsp3) is 0.522. The number of piperazine rings is 1. The van der Waals surface area contributed by atoms with Crippen LogP contribution in [0.5, 0.6) is 0 Å². The predicted octanol–water partition coefficient (Wildman–Crippen LogP) is 3.69. The summed E-state index contributed by atoms with van der Waals surface area (Å²) in [4.78, 5) is 28.7. The Hall–Kier alpha value is -2.83. The third kappa shape index (κ3) is 4.83. The quantitative estimate of drug-likeness (QED) is 0.836. The van der Waals surface area contributed by atoms with E-state index < -0.39 is 0 Å². The molecule has 1 aromatic heterocycles. The first-order valence-corrected chi connectivity index (χ1v) is 11.1. The molecule has 0 aliphatic carbocycles. The van der Waals surface area contributed by atoms with Crippen molar-refractivity contribution in [3.63, 3.8) is 0 Å². The van der Waals surface area contributed by atoms with Crippen LogP contribution in [0.1, 0.15) is 37.4 Å². The number of aromatic nitrogens is 2. The van der Waals surface area contributed by atoms with E-state index in [-0.39, 0.29) is 6.03 Å². The third-order valence-corrected chi connectivity index (χ3v) is 5.95. The number of hydrogen-bond donors (Lipinski definition) is 1. The van der Waals surface area contributed by atoms with Crippen molar-refractivity contribution in [1.29, 1.82) is 0 Å². The Balaban J connectivity index is 1.37. The van der Waals surface area contributed by atoms with E-state index in [0.29, 0.717) is 13.1 Å². The smallest absolute Gasteiger partial charge is 0.321 e. The average molecular weight is 409 g/mol. The predicted molar refractivity (Wildman–Crippen MR) is 121 cm³/mol. The molecule has 0 bridgehead atoms. The van der Waals surface area contributed by atoms with Crippen molar-refractivity contribution in [2.24, 2.45) is 0 Å². The molecular formula is C23H32N6O. The van der Waals surface area contributed by atoms with Gasteiger partial charge in [0.25, 0.3) is 0 Å². The van der Waals surface area contributed by atoms with Crippen LogP contribution in [-0.2, 0) is 6.42 Å². The number of amides is 2. The van der Waals surface area contributed by atoms with Crippen molar-refractivity contribution >= 4 is 23.5 Å². The molecule has 2 aromatic rings. The summed E-state index contributed by atoms with van der Waals surface area (Å²) in [5, 5.41) is 3.04. The lowest BCUT2D eigenvalue weighted by atomic mass is 10.1. The molecule has 4 rings (SSSR count). The first kappa shape index (κ1) is 20.4. The average Bonchev–Trinajstić information content (AvgIpc) is 2.79. The molecule has 2 aliphatic heterocycles. The molecule has 3 heterocycles. The number of rotatable bonds is 4. The maximum Gasteiger partial charge on any atom is 0.321 e. The summed E-state index contributed by atoms with van der Waals surface area (Å²) in [7, 11) is 0. The molecule has 2 fully saturated rings. The summed E-state index contributed by atoms with van der Waals surface area (Å²) >= 11 is 0. The topological polar surface area (TPSA) is 64.6 Å². The molecule has 30 heavy (non-hydrogen) atoms. The van der Waals surface area contributed by atoms with E-state index in [1.165, 1.54) is 24.8 Å². The Bertz CT molecular complexity index is 872. The van der Waals surface area contributed by atoms with Crippen LogP contribution >= 0.6 is 0 Å². The van der Waals surface area contributed by atoms with E-state index in [0.717, 1.165) is 55.7 Å². The molecule has 0 unspecified atom stereocenters. The fourth-order valence-electron chi connectivity index (χ4n) is 4.14. The van der Waals surface area contributed by atoms with Gasteiger partial charge in [0.05, 0.1) is 0 Å². The Morgan fingerprint density at radius 2 is 1.73 bits per heavy atom. The van der Waals surface area contributed by atoms with Gasteiger partial charge in [-0.15, -0.1) is 0 Å². The summed E-state index contributed by atoms with van der Waals surface area (Å²) in [5.74, 6) is 1.82. The number of urea groups is 1. The molecule has 0 saturated carbocycles. The molecule has 7 nitrogen and oxygen atoms in total. The maximum atomic E-state index is 12.7. The lowest BCUT2D eigenvalue weighted by Crippen LogP contribution is -2.50. The minimum absolute atomic E-state index is 0.0317. The van der Waals surface area contributed by atoms with Gasteiger partial charge >= 0.3 is 6.03 Å². The lowest BCUT2D eigenvalue weighted by molar-refractivity contribution is 0.208. The van der Waals surface area contributed by atoms with Gasteiger partial charge in [0.15, 0.2) is 0 Å². The van der Waals surface area contributed by atoms with Crippen LogP contribution in [0, 0.1) is 6.92 Å². The number of hydrogen-bond acceptors (Lipinski definition) is 5. The highest BCUT2D eigenvalue weighted by Gasteiger charge is 2.23. The van der Waals surface area contributed by atoms with Crippen LogP contribution < -0.4 is 15.1 Å². The Kier molecular flexibility index (Phi) is 6.35. The second-order valence-electron chi connectivity index (χ2n) is 8.17. The summed E-state index contributed by atoms with van der Waals surface area (Å²) in [6.45, 7) is 9.14. The molecular weight excluding hydrogens is 376 g/mol. The summed E-state index contributed by atoms with van der Waals surface area (Å²) in [6, 6.07) is 10.1. The zero-order valence-corrected chi connectivity index (χ0v) is 18.1. The molecule has 1 aromatic carbocycles. The van der Waals surface area contributed by atoms with Crippen molar-refractivity contribution < 1.29 is 4.79 Å². The van der Waals surface area contributed by atoms with Crippen LogP contribution in [0.15, 0.2) is 30.3 Å². The number of piperidine rings is 1. The van der Waals surface area contributed by atoms with Gasteiger partial charge in [-0.25, -0.2) is 9.78 Å². The van der Waals surface area contributed by atoms with Crippen LogP contribution in [0.2, 0.25) is 0 Å². The Morgan fingerprint density at radius 3 is 2.47 bits per heavy atom. The fourth-order valence-corrected chi connectivity index (χ4v) is 4.14. The van der Waals surface area contributed by atoms with E-state index in [1.54, 1.807) is 0 Å². The van der Waals surface area contributed by atoms with Gasteiger partial charge in [-0.2, -0.15) is 4.98 Å². The lowest BCUT2D eigenvalue weighted by Gasteiger charge is -2.36. The SMILES string of the molecule is CCc1cccc(NC(=O)N2CCN(c3cc(C)nc(N4CCCCC4)n3)CC2)c1.